The fourth-order valence-electron chi connectivity index (χ4n) is 2.52. The van der Waals surface area contributed by atoms with E-state index in [9.17, 15) is 0 Å². The summed E-state index contributed by atoms with van der Waals surface area (Å²) in [5.74, 6) is 0. The molecule has 4 nitrogen and oxygen atoms in total. The van der Waals surface area contributed by atoms with Gasteiger partial charge in [0.15, 0.2) is 4.57 Å². The molecule has 0 aromatic heterocycles. The molecule has 0 unspecified atom stereocenters. The Labute approximate surface area is 133 Å². The second kappa shape index (κ2) is 7.86. The Morgan fingerprint density at radius 1 is 1.16 bits per heavy atom. The number of alkyl halides is 2. The van der Waals surface area contributed by atoms with Gasteiger partial charge >= 0.3 is 0 Å². The Balaban J connectivity index is 3.06. The van der Waals surface area contributed by atoms with Crippen LogP contribution < -0.4 is 0 Å². The summed E-state index contributed by atoms with van der Waals surface area (Å²) in [6.07, 6.45) is 3.20. The summed E-state index contributed by atoms with van der Waals surface area (Å²) in [6.45, 7) is 2.12. The molecule has 6 heteroatoms. The van der Waals surface area contributed by atoms with Crippen LogP contribution in [0, 0.1) is 0 Å². The maximum Gasteiger partial charge on any atom is 0.175 e. The molecule has 0 N–H and O–H groups in total. The van der Waals surface area contributed by atoms with E-state index in [2.05, 4.69) is 65.7 Å². The summed E-state index contributed by atoms with van der Waals surface area (Å²) < 4.78 is -0.332. The van der Waals surface area contributed by atoms with Gasteiger partial charge in [0.25, 0.3) is 0 Å². The second-order valence-corrected chi connectivity index (χ2v) is 6.72. The Hall–Kier alpha value is 0.220. The molecule has 1 heterocycles. The molecule has 110 valence electrons. The predicted octanol–water partition coefficient (Wildman–Crippen LogP) is 2.62. The minimum atomic E-state index is -0.332. The average molecular weight is 396 g/mol. The first-order chi connectivity index (χ1) is 9.02. The van der Waals surface area contributed by atoms with Gasteiger partial charge in [-0.2, -0.15) is 0 Å². The zero-order valence-electron chi connectivity index (χ0n) is 12.3. The van der Waals surface area contributed by atoms with Gasteiger partial charge in [0, 0.05) is 32.5 Å². The lowest BCUT2D eigenvalue weighted by Crippen LogP contribution is -2.64. The zero-order valence-corrected chi connectivity index (χ0v) is 15.5. The first kappa shape index (κ1) is 17.3. The van der Waals surface area contributed by atoms with E-state index >= 15 is 0 Å². The molecule has 19 heavy (non-hydrogen) atoms. The number of rotatable bonds is 5. The van der Waals surface area contributed by atoms with Crippen LogP contribution in [0.2, 0.25) is 0 Å². The number of halogens is 2. The number of aliphatic imine (C=N–C) groups is 2. The molecule has 0 bridgehead atoms. The van der Waals surface area contributed by atoms with Crippen molar-refractivity contribution < 1.29 is 0 Å². The van der Waals surface area contributed by atoms with Crippen LogP contribution in [0.1, 0.15) is 19.3 Å². The van der Waals surface area contributed by atoms with Crippen molar-refractivity contribution in [3.05, 3.63) is 0 Å². The summed E-state index contributed by atoms with van der Waals surface area (Å²) in [4.78, 5) is 13.6. The molecule has 1 fully saturated rings. The molecule has 1 aliphatic heterocycles. The highest BCUT2D eigenvalue weighted by atomic mass is 79.9. The Morgan fingerprint density at radius 2 is 1.74 bits per heavy atom. The van der Waals surface area contributed by atoms with E-state index in [0.29, 0.717) is 0 Å². The summed E-state index contributed by atoms with van der Waals surface area (Å²) in [6, 6.07) is 0. The van der Waals surface area contributed by atoms with Crippen LogP contribution in [0.25, 0.3) is 0 Å². The van der Waals surface area contributed by atoms with Gasteiger partial charge in [-0.05, 0) is 49.3 Å². The monoisotopic (exact) mass is 394 g/mol. The minimum Gasteiger partial charge on any atom is -0.291 e. The maximum atomic E-state index is 4.55. The Bertz CT molecular complexity index is 345. The number of hydrogen-bond acceptors (Lipinski definition) is 4. The van der Waals surface area contributed by atoms with E-state index in [1.54, 1.807) is 0 Å². The van der Waals surface area contributed by atoms with Crippen LogP contribution in [-0.4, -0.2) is 72.4 Å². The molecule has 0 saturated carbocycles. The molecule has 1 rings (SSSR count). The van der Waals surface area contributed by atoms with E-state index in [1.165, 1.54) is 6.42 Å². The normalized spacial score (nSPS) is 22.8. The van der Waals surface area contributed by atoms with Gasteiger partial charge in [-0.25, -0.2) is 0 Å². The lowest BCUT2D eigenvalue weighted by atomic mass is 10.0. The highest BCUT2D eigenvalue weighted by Crippen LogP contribution is 2.32. The van der Waals surface area contributed by atoms with Crippen LogP contribution in [0.4, 0.5) is 0 Å². The fourth-order valence-corrected chi connectivity index (χ4v) is 3.56. The third-order valence-corrected chi connectivity index (χ3v) is 5.76. The lowest BCUT2D eigenvalue weighted by Gasteiger charge is -2.48. The van der Waals surface area contributed by atoms with E-state index in [-0.39, 0.29) is 4.57 Å². The van der Waals surface area contributed by atoms with Crippen molar-refractivity contribution in [2.75, 3.05) is 46.6 Å². The summed E-state index contributed by atoms with van der Waals surface area (Å²) in [7, 11) is 7.97. The van der Waals surface area contributed by atoms with Crippen LogP contribution in [0.5, 0.6) is 0 Å². The maximum absolute atomic E-state index is 4.55. The minimum absolute atomic E-state index is 0.332. The standard InChI is InChI=1S/C13H24Br2N4/c1-16-11(7-5-8-14)12(17-2)13(15)18(3)9-6-10-19(13)4/h5-10H2,1-4H3. The molecule has 0 amide bonds. The van der Waals surface area contributed by atoms with Crippen LogP contribution in [0.15, 0.2) is 9.98 Å². The predicted molar refractivity (Wildman–Crippen MR) is 91.3 cm³/mol. The smallest absolute Gasteiger partial charge is 0.175 e. The van der Waals surface area contributed by atoms with Gasteiger partial charge in [-0.1, -0.05) is 15.9 Å². The quantitative estimate of drug-likeness (QED) is 0.407. The topological polar surface area (TPSA) is 31.2 Å². The van der Waals surface area contributed by atoms with Gasteiger partial charge in [0.2, 0.25) is 0 Å². The Morgan fingerprint density at radius 3 is 2.16 bits per heavy atom. The summed E-state index contributed by atoms with van der Waals surface area (Å²) in [5.41, 5.74) is 2.11. The number of nitrogens with zero attached hydrogens (tertiary/aromatic N) is 4. The lowest BCUT2D eigenvalue weighted by molar-refractivity contribution is 0.0702. The van der Waals surface area contributed by atoms with E-state index in [4.69, 9.17) is 0 Å². The van der Waals surface area contributed by atoms with Crippen molar-refractivity contribution in [2.45, 2.75) is 23.8 Å². The third-order valence-electron chi connectivity index (χ3n) is 3.61. The molecule has 0 aromatic rings. The first-order valence-electron chi connectivity index (χ1n) is 6.63. The highest BCUT2D eigenvalue weighted by molar-refractivity contribution is 9.10. The van der Waals surface area contributed by atoms with Crippen molar-refractivity contribution in [3.8, 4) is 0 Å². The van der Waals surface area contributed by atoms with Gasteiger partial charge in [-0.3, -0.25) is 19.8 Å². The highest BCUT2D eigenvalue weighted by Gasteiger charge is 2.44. The molecule has 1 saturated heterocycles. The molecular weight excluding hydrogens is 372 g/mol. The molecule has 0 radical (unpaired) electrons. The van der Waals surface area contributed by atoms with Gasteiger partial charge in [0.1, 0.15) is 5.71 Å². The Kier molecular flexibility index (Phi) is 7.14. The van der Waals surface area contributed by atoms with Gasteiger partial charge in [-0.15, -0.1) is 0 Å². The summed E-state index contributed by atoms with van der Waals surface area (Å²) in [5, 5.41) is 0.990. The number of hydrogen-bond donors (Lipinski definition) is 0. The molecular formula is C13H24Br2N4. The van der Waals surface area contributed by atoms with Crippen molar-refractivity contribution in [1.82, 2.24) is 9.80 Å². The van der Waals surface area contributed by atoms with Crippen molar-refractivity contribution in [2.24, 2.45) is 9.98 Å². The van der Waals surface area contributed by atoms with E-state index < -0.39 is 0 Å². The van der Waals surface area contributed by atoms with E-state index in [0.717, 1.165) is 42.7 Å². The molecule has 0 spiro atoms. The summed E-state index contributed by atoms with van der Waals surface area (Å²) >= 11 is 7.40. The van der Waals surface area contributed by atoms with Gasteiger partial charge < -0.3 is 0 Å². The fraction of sp³-hybridized carbons (Fsp3) is 0.846. The SMILES string of the molecule is CN=C(CCCBr)C(=NC)C1(Br)N(C)CCCN1C. The third kappa shape index (κ3) is 3.65. The average Bonchev–Trinajstić information content (AvgIpc) is 2.40. The largest absolute Gasteiger partial charge is 0.291 e. The van der Waals surface area contributed by atoms with Crippen molar-refractivity contribution >= 4 is 43.3 Å². The zero-order chi connectivity index (χ0) is 14.5. The first-order valence-corrected chi connectivity index (χ1v) is 8.54. The van der Waals surface area contributed by atoms with Crippen LogP contribution in [-0.2, 0) is 0 Å². The van der Waals surface area contributed by atoms with Crippen LogP contribution in [0.3, 0.4) is 0 Å². The molecule has 0 aromatic carbocycles. The van der Waals surface area contributed by atoms with Gasteiger partial charge in [0.05, 0.1) is 5.71 Å². The molecule has 0 atom stereocenters. The second-order valence-electron chi connectivity index (χ2n) is 4.82. The van der Waals surface area contributed by atoms with Crippen molar-refractivity contribution in [3.63, 3.8) is 0 Å². The van der Waals surface area contributed by atoms with Crippen LogP contribution >= 0.6 is 31.9 Å². The molecule has 1 aliphatic rings. The van der Waals surface area contributed by atoms with E-state index in [1.807, 2.05) is 14.1 Å². The molecule has 0 aliphatic carbocycles. The van der Waals surface area contributed by atoms with Crippen molar-refractivity contribution in [1.29, 1.82) is 0 Å².